The lowest BCUT2D eigenvalue weighted by atomic mass is 9.79. The summed E-state index contributed by atoms with van der Waals surface area (Å²) in [6.07, 6.45) is 6.64. The van der Waals surface area contributed by atoms with Crippen LogP contribution >= 0.6 is 0 Å². The average Bonchev–Trinajstić information content (AvgIpc) is 2.46. The molecule has 94 valence electrons. The molecule has 19 heavy (non-hydrogen) atoms. The van der Waals surface area contributed by atoms with Gasteiger partial charge >= 0.3 is 0 Å². The molecular formula is C18H17N. The molecular weight excluding hydrogens is 230 g/mol. The first-order valence-electron chi connectivity index (χ1n) is 7.03. The first-order chi connectivity index (χ1) is 9.34. The van der Waals surface area contributed by atoms with Crippen molar-refractivity contribution in [3.8, 4) is 11.1 Å². The fourth-order valence-corrected chi connectivity index (χ4v) is 3.52. The van der Waals surface area contributed by atoms with Crippen molar-refractivity contribution in [2.45, 2.75) is 25.7 Å². The van der Waals surface area contributed by atoms with E-state index >= 15 is 0 Å². The van der Waals surface area contributed by atoms with Crippen molar-refractivity contribution in [1.82, 2.24) is 0 Å². The fraction of sp³-hybridized carbons (Fsp3) is 0.222. The largest absolute Gasteiger partial charge is 0.398 e. The minimum Gasteiger partial charge on any atom is -0.398 e. The van der Waals surface area contributed by atoms with E-state index in [1.54, 1.807) is 0 Å². The number of hydrogen-bond donors (Lipinski definition) is 1. The van der Waals surface area contributed by atoms with Crippen LogP contribution in [0.15, 0.2) is 42.5 Å². The Labute approximate surface area is 113 Å². The van der Waals surface area contributed by atoms with Gasteiger partial charge in [0.25, 0.3) is 0 Å². The maximum absolute atomic E-state index is 6.25. The minimum atomic E-state index is 0.984. The summed E-state index contributed by atoms with van der Waals surface area (Å²) in [4.78, 5) is 0. The molecule has 0 atom stereocenters. The highest BCUT2D eigenvalue weighted by atomic mass is 14.6. The molecule has 2 aromatic carbocycles. The zero-order valence-electron chi connectivity index (χ0n) is 10.9. The molecule has 4 rings (SSSR count). The number of rotatable bonds is 0. The van der Waals surface area contributed by atoms with E-state index < -0.39 is 0 Å². The van der Waals surface area contributed by atoms with Crippen LogP contribution in [0.4, 0.5) is 0 Å². The van der Waals surface area contributed by atoms with Gasteiger partial charge in [-0.2, -0.15) is 0 Å². The first-order valence-corrected chi connectivity index (χ1v) is 7.03. The van der Waals surface area contributed by atoms with Crippen LogP contribution in [-0.2, 0) is 19.3 Å². The number of benzene rings is 2. The van der Waals surface area contributed by atoms with Gasteiger partial charge in [0.2, 0.25) is 0 Å². The van der Waals surface area contributed by atoms with Crippen LogP contribution < -0.4 is 5.73 Å². The summed E-state index contributed by atoms with van der Waals surface area (Å²) in [7, 11) is 0. The standard InChI is InChI=1S/C18H17N/c19-17-7-3-5-13-9-10-15-14-6-2-1-4-12(14)8-11-16(15)18(13)17/h1-2,4,6-7,9-10H,3,5,8,11,19H2. The summed E-state index contributed by atoms with van der Waals surface area (Å²) in [5.74, 6) is 0. The third-order valence-corrected chi connectivity index (χ3v) is 4.42. The van der Waals surface area contributed by atoms with Crippen LogP contribution in [0.2, 0.25) is 0 Å². The lowest BCUT2D eigenvalue weighted by Gasteiger charge is -2.26. The highest BCUT2D eigenvalue weighted by molar-refractivity contribution is 5.81. The van der Waals surface area contributed by atoms with E-state index in [4.69, 9.17) is 5.73 Å². The van der Waals surface area contributed by atoms with Crippen LogP contribution in [0.25, 0.3) is 16.8 Å². The Morgan fingerprint density at radius 1 is 0.789 bits per heavy atom. The maximum atomic E-state index is 6.25. The number of hydrogen-bond acceptors (Lipinski definition) is 1. The zero-order chi connectivity index (χ0) is 12.8. The highest BCUT2D eigenvalue weighted by Gasteiger charge is 2.22. The second-order valence-electron chi connectivity index (χ2n) is 5.48. The number of allylic oxidation sites excluding steroid dienone is 1. The summed E-state index contributed by atoms with van der Waals surface area (Å²) in [6.45, 7) is 0. The van der Waals surface area contributed by atoms with Crippen LogP contribution in [-0.4, -0.2) is 0 Å². The van der Waals surface area contributed by atoms with Crippen LogP contribution in [0, 0.1) is 0 Å². The van der Waals surface area contributed by atoms with E-state index in [1.165, 1.54) is 33.4 Å². The van der Waals surface area contributed by atoms with Crippen LogP contribution in [0.3, 0.4) is 0 Å². The second-order valence-corrected chi connectivity index (χ2v) is 5.48. The SMILES string of the molecule is NC1=CCCc2ccc3c(c21)CCc1ccccc1-3. The van der Waals surface area contributed by atoms with E-state index in [2.05, 4.69) is 42.5 Å². The molecule has 2 N–H and O–H groups in total. The van der Waals surface area contributed by atoms with Crippen molar-refractivity contribution in [3.05, 3.63) is 64.7 Å². The van der Waals surface area contributed by atoms with E-state index in [0.29, 0.717) is 0 Å². The number of fused-ring (bicyclic) bond motifs is 5. The Balaban J connectivity index is 2.01. The van der Waals surface area contributed by atoms with E-state index in [-0.39, 0.29) is 0 Å². The molecule has 0 heterocycles. The Morgan fingerprint density at radius 2 is 1.68 bits per heavy atom. The van der Waals surface area contributed by atoms with Crippen molar-refractivity contribution in [1.29, 1.82) is 0 Å². The van der Waals surface area contributed by atoms with Gasteiger partial charge in [0.05, 0.1) is 0 Å². The molecule has 0 bridgehead atoms. The molecule has 0 spiro atoms. The summed E-state index contributed by atoms with van der Waals surface area (Å²) >= 11 is 0. The highest BCUT2D eigenvalue weighted by Crippen LogP contribution is 2.39. The van der Waals surface area contributed by atoms with Crippen molar-refractivity contribution < 1.29 is 0 Å². The van der Waals surface area contributed by atoms with E-state index in [9.17, 15) is 0 Å². The molecule has 0 aliphatic heterocycles. The molecule has 0 aromatic heterocycles. The molecule has 0 radical (unpaired) electrons. The minimum absolute atomic E-state index is 0.984. The third kappa shape index (κ3) is 1.54. The lowest BCUT2D eigenvalue weighted by Crippen LogP contribution is -2.14. The molecule has 2 aliphatic carbocycles. The second kappa shape index (κ2) is 3.99. The lowest BCUT2D eigenvalue weighted by molar-refractivity contribution is 0.908. The predicted octanol–water partition coefficient (Wildman–Crippen LogP) is 3.70. The summed E-state index contributed by atoms with van der Waals surface area (Å²) in [5, 5.41) is 0. The molecule has 0 fully saturated rings. The van der Waals surface area contributed by atoms with Crippen LogP contribution in [0.1, 0.15) is 28.7 Å². The zero-order valence-corrected chi connectivity index (χ0v) is 10.9. The molecule has 0 unspecified atom stereocenters. The molecule has 0 amide bonds. The van der Waals surface area contributed by atoms with Gasteiger partial charge in [0.15, 0.2) is 0 Å². The summed E-state index contributed by atoms with van der Waals surface area (Å²) in [6, 6.07) is 13.3. The average molecular weight is 247 g/mol. The molecule has 1 nitrogen and oxygen atoms in total. The normalized spacial score (nSPS) is 16.1. The Bertz CT molecular complexity index is 695. The van der Waals surface area contributed by atoms with Crippen molar-refractivity contribution in [2.24, 2.45) is 5.73 Å². The smallest absolute Gasteiger partial charge is 0.0353 e. The van der Waals surface area contributed by atoms with Crippen LogP contribution in [0.5, 0.6) is 0 Å². The van der Waals surface area contributed by atoms with Crippen molar-refractivity contribution >= 4 is 5.70 Å². The number of nitrogens with two attached hydrogens (primary N) is 1. The van der Waals surface area contributed by atoms with Gasteiger partial charge < -0.3 is 5.73 Å². The third-order valence-electron chi connectivity index (χ3n) is 4.42. The van der Waals surface area contributed by atoms with E-state index in [0.717, 1.165) is 31.4 Å². The fourth-order valence-electron chi connectivity index (χ4n) is 3.52. The van der Waals surface area contributed by atoms with Gasteiger partial charge in [0.1, 0.15) is 0 Å². The predicted molar refractivity (Wildman–Crippen MR) is 79.8 cm³/mol. The molecule has 2 aromatic rings. The maximum Gasteiger partial charge on any atom is 0.0353 e. The molecule has 2 aliphatic rings. The van der Waals surface area contributed by atoms with Gasteiger partial charge in [-0.1, -0.05) is 42.5 Å². The summed E-state index contributed by atoms with van der Waals surface area (Å²) in [5.41, 5.74) is 15.7. The van der Waals surface area contributed by atoms with Crippen molar-refractivity contribution in [2.75, 3.05) is 0 Å². The van der Waals surface area contributed by atoms with Gasteiger partial charge in [-0.05, 0) is 53.5 Å². The Morgan fingerprint density at radius 3 is 2.63 bits per heavy atom. The Kier molecular flexibility index (Phi) is 2.28. The molecule has 1 heteroatoms. The van der Waals surface area contributed by atoms with Gasteiger partial charge in [-0.25, -0.2) is 0 Å². The van der Waals surface area contributed by atoms with Gasteiger partial charge in [-0.15, -0.1) is 0 Å². The first kappa shape index (κ1) is 10.9. The Hall–Kier alpha value is -2.02. The molecule has 0 saturated heterocycles. The quantitative estimate of drug-likeness (QED) is 0.754. The topological polar surface area (TPSA) is 26.0 Å². The summed E-state index contributed by atoms with van der Waals surface area (Å²) < 4.78 is 0. The van der Waals surface area contributed by atoms with Gasteiger partial charge in [0, 0.05) is 11.3 Å². The number of aryl methyl sites for hydroxylation is 2. The van der Waals surface area contributed by atoms with Crippen molar-refractivity contribution in [3.63, 3.8) is 0 Å². The van der Waals surface area contributed by atoms with E-state index in [1.807, 2.05) is 0 Å². The monoisotopic (exact) mass is 247 g/mol. The molecule has 0 saturated carbocycles. The van der Waals surface area contributed by atoms with Gasteiger partial charge in [-0.3, -0.25) is 0 Å².